The number of ether oxygens (including phenoxy) is 2. The van der Waals surface area contributed by atoms with Crippen LogP contribution in [0, 0.1) is 17.8 Å². The van der Waals surface area contributed by atoms with Crippen molar-refractivity contribution in [1.82, 2.24) is 0 Å². The average Bonchev–Trinajstić information content (AvgIpc) is 2.93. The van der Waals surface area contributed by atoms with Crippen LogP contribution in [0.15, 0.2) is 0 Å². The van der Waals surface area contributed by atoms with Crippen molar-refractivity contribution in [3.63, 3.8) is 0 Å². The van der Waals surface area contributed by atoms with Crippen molar-refractivity contribution < 1.29 is 14.6 Å². The van der Waals surface area contributed by atoms with E-state index in [1.54, 1.807) is 0 Å². The van der Waals surface area contributed by atoms with E-state index < -0.39 is 20.0 Å². The van der Waals surface area contributed by atoms with Crippen molar-refractivity contribution in [2.45, 2.75) is 88.9 Å². The summed E-state index contributed by atoms with van der Waals surface area (Å²) in [5, 5.41) is 10.4. The first-order valence-electron chi connectivity index (χ1n) is 9.27. The smallest absolute Gasteiger partial charge is 0.165 e. The highest BCUT2D eigenvalue weighted by molar-refractivity contribution is 6.78. The number of hydrogen-bond donors (Lipinski definition) is 1. The molecule has 4 heteroatoms. The maximum atomic E-state index is 10.4. The van der Waals surface area contributed by atoms with Crippen LogP contribution in [0.4, 0.5) is 0 Å². The molecule has 0 aromatic carbocycles. The zero-order chi connectivity index (χ0) is 16.9. The highest BCUT2D eigenvalue weighted by atomic mass is 28.3. The van der Waals surface area contributed by atoms with Crippen molar-refractivity contribution in [3.8, 4) is 11.8 Å². The van der Waals surface area contributed by atoms with Crippen LogP contribution in [0.2, 0.25) is 25.2 Å². The Kier molecular flexibility index (Phi) is 6.73. The molecule has 2 unspecified atom stereocenters. The second-order valence-electron chi connectivity index (χ2n) is 8.42. The van der Waals surface area contributed by atoms with Gasteiger partial charge in [-0.2, -0.15) is 0 Å². The van der Waals surface area contributed by atoms with Gasteiger partial charge < -0.3 is 14.6 Å². The van der Waals surface area contributed by atoms with Gasteiger partial charge in [0.2, 0.25) is 0 Å². The molecule has 1 heterocycles. The summed E-state index contributed by atoms with van der Waals surface area (Å²) in [6.45, 7) is 10.5. The molecule has 2 rings (SSSR count). The third kappa shape index (κ3) is 5.90. The molecule has 3 nitrogen and oxygen atoms in total. The van der Waals surface area contributed by atoms with Gasteiger partial charge in [0, 0.05) is 12.0 Å². The summed E-state index contributed by atoms with van der Waals surface area (Å²) in [5.41, 5.74) is 0.380. The van der Waals surface area contributed by atoms with E-state index >= 15 is 0 Å². The van der Waals surface area contributed by atoms with Crippen LogP contribution >= 0.6 is 0 Å². The summed E-state index contributed by atoms with van der Waals surface area (Å²) in [6, 6.07) is 0. The number of aliphatic hydroxyl groups excluding tert-OH is 1. The molecule has 0 aromatic heterocycles. The average molecular weight is 339 g/mol. The lowest BCUT2D eigenvalue weighted by Gasteiger charge is -2.29. The third-order valence-corrected chi connectivity index (χ3v) is 7.86. The van der Waals surface area contributed by atoms with Crippen molar-refractivity contribution in [2.24, 2.45) is 5.92 Å². The molecule has 2 fully saturated rings. The van der Waals surface area contributed by atoms with Crippen LogP contribution in [0.1, 0.15) is 51.9 Å². The van der Waals surface area contributed by atoms with Crippen molar-refractivity contribution in [1.29, 1.82) is 0 Å². The molecule has 0 aromatic rings. The largest absolute Gasteiger partial charge is 0.380 e. The first kappa shape index (κ1) is 19.0. The fourth-order valence-corrected chi connectivity index (χ4v) is 5.11. The van der Waals surface area contributed by atoms with Crippen molar-refractivity contribution >= 4 is 8.07 Å². The highest BCUT2D eigenvalue weighted by Gasteiger charge is 2.34. The van der Waals surface area contributed by atoms with Crippen molar-refractivity contribution in [2.75, 3.05) is 13.2 Å². The van der Waals surface area contributed by atoms with E-state index in [4.69, 9.17) is 9.47 Å². The van der Waals surface area contributed by atoms with E-state index in [2.05, 4.69) is 31.5 Å². The summed E-state index contributed by atoms with van der Waals surface area (Å²) in [5.74, 6) is 6.61. The standard InChI is InChI=1S/C19H34O3Si/c1-19(21-14-15-22-19)13-12-17(23(2,3)4)10-11-18(20)16-8-6-5-7-9-16/h16-18,20H,5-9,12-15H2,1-4H3. The molecular weight excluding hydrogens is 304 g/mol. The molecule has 132 valence electrons. The van der Waals surface area contributed by atoms with Gasteiger partial charge in [-0.15, -0.1) is 5.92 Å². The zero-order valence-electron chi connectivity index (χ0n) is 15.4. The maximum Gasteiger partial charge on any atom is 0.165 e. The first-order chi connectivity index (χ1) is 10.8. The van der Waals surface area contributed by atoms with E-state index in [0.717, 1.165) is 25.7 Å². The Labute approximate surface area is 143 Å². The Bertz CT molecular complexity index is 420. The van der Waals surface area contributed by atoms with Crippen LogP contribution < -0.4 is 0 Å². The van der Waals surface area contributed by atoms with Gasteiger partial charge in [0.1, 0.15) is 6.10 Å². The van der Waals surface area contributed by atoms with Crippen molar-refractivity contribution in [3.05, 3.63) is 0 Å². The van der Waals surface area contributed by atoms with Gasteiger partial charge >= 0.3 is 0 Å². The van der Waals surface area contributed by atoms with Crippen LogP contribution in [0.5, 0.6) is 0 Å². The molecule has 2 aliphatic rings. The molecular formula is C19H34O3Si. The molecule has 1 aliphatic carbocycles. The Balaban J connectivity index is 1.94. The summed E-state index contributed by atoms with van der Waals surface area (Å²) < 4.78 is 11.4. The van der Waals surface area contributed by atoms with Crippen LogP contribution in [0.3, 0.4) is 0 Å². The van der Waals surface area contributed by atoms with Gasteiger partial charge in [0.15, 0.2) is 5.79 Å². The topological polar surface area (TPSA) is 38.7 Å². The number of rotatable bonds is 5. The van der Waals surface area contributed by atoms with Gasteiger partial charge in [-0.05, 0) is 32.1 Å². The van der Waals surface area contributed by atoms with Crippen LogP contribution in [-0.4, -0.2) is 38.3 Å². The number of aliphatic hydroxyl groups is 1. The van der Waals surface area contributed by atoms with Gasteiger partial charge in [0.25, 0.3) is 0 Å². The molecule has 23 heavy (non-hydrogen) atoms. The lowest BCUT2D eigenvalue weighted by molar-refractivity contribution is -0.147. The fourth-order valence-electron chi connectivity index (χ4n) is 3.58. The molecule has 1 saturated carbocycles. The minimum absolute atomic E-state index is 0.380. The highest BCUT2D eigenvalue weighted by Crippen LogP contribution is 2.33. The fraction of sp³-hybridized carbons (Fsp3) is 0.895. The minimum atomic E-state index is -1.40. The zero-order valence-corrected chi connectivity index (χ0v) is 16.4. The maximum absolute atomic E-state index is 10.4. The molecule has 1 saturated heterocycles. The Morgan fingerprint density at radius 3 is 2.26 bits per heavy atom. The van der Waals surface area contributed by atoms with Gasteiger partial charge in [-0.1, -0.05) is 44.8 Å². The van der Waals surface area contributed by atoms with Crippen LogP contribution in [0.25, 0.3) is 0 Å². The number of hydrogen-bond acceptors (Lipinski definition) is 3. The second kappa shape index (κ2) is 8.16. The molecule has 0 bridgehead atoms. The van der Waals surface area contributed by atoms with Gasteiger partial charge in [0.05, 0.1) is 21.3 Å². The normalized spacial score (nSPS) is 24.7. The first-order valence-corrected chi connectivity index (χ1v) is 12.8. The monoisotopic (exact) mass is 338 g/mol. The lowest BCUT2D eigenvalue weighted by Crippen LogP contribution is -2.32. The Morgan fingerprint density at radius 2 is 1.70 bits per heavy atom. The third-order valence-electron chi connectivity index (χ3n) is 5.33. The molecule has 0 spiro atoms. The quantitative estimate of drug-likeness (QED) is 0.603. The molecule has 1 aliphatic heterocycles. The predicted octanol–water partition coefficient (Wildman–Crippen LogP) is 4.18. The second-order valence-corrected chi connectivity index (χ2v) is 13.8. The van der Waals surface area contributed by atoms with Crippen LogP contribution in [-0.2, 0) is 9.47 Å². The molecule has 1 N–H and O–H groups in total. The molecule has 2 atom stereocenters. The van der Waals surface area contributed by atoms with E-state index in [1.165, 1.54) is 19.3 Å². The minimum Gasteiger partial charge on any atom is -0.380 e. The van der Waals surface area contributed by atoms with E-state index in [1.807, 2.05) is 6.92 Å². The summed E-state index contributed by atoms with van der Waals surface area (Å²) in [4.78, 5) is 0. The summed E-state index contributed by atoms with van der Waals surface area (Å²) in [6.07, 6.45) is 7.51. The summed E-state index contributed by atoms with van der Waals surface area (Å²) in [7, 11) is -1.40. The van der Waals surface area contributed by atoms with Gasteiger partial charge in [-0.3, -0.25) is 0 Å². The lowest BCUT2D eigenvalue weighted by atomic mass is 9.85. The SMILES string of the molecule is CC1(CCC(C#CC(O)C2CCCCC2)[Si](C)(C)C)OCCO1. The predicted molar refractivity (Wildman–Crippen MR) is 97.0 cm³/mol. The van der Waals surface area contributed by atoms with Gasteiger partial charge in [-0.25, -0.2) is 0 Å². The van der Waals surface area contributed by atoms with E-state index in [0.29, 0.717) is 24.7 Å². The summed E-state index contributed by atoms with van der Waals surface area (Å²) >= 11 is 0. The van der Waals surface area contributed by atoms with E-state index in [9.17, 15) is 5.11 Å². The Morgan fingerprint density at radius 1 is 1.09 bits per heavy atom. The Hall–Kier alpha value is -0.343. The molecule has 0 amide bonds. The van der Waals surface area contributed by atoms with E-state index in [-0.39, 0.29) is 0 Å². The molecule has 0 radical (unpaired) electrons.